The third-order valence-electron chi connectivity index (χ3n) is 4.45. The van der Waals surface area contributed by atoms with Gasteiger partial charge in [0.1, 0.15) is 5.76 Å². The van der Waals surface area contributed by atoms with E-state index >= 15 is 0 Å². The topological polar surface area (TPSA) is 80.0 Å². The lowest BCUT2D eigenvalue weighted by Crippen LogP contribution is -2.32. The lowest BCUT2D eigenvalue weighted by atomic mass is 9.95. The number of aryl methyl sites for hydroxylation is 1. The molecular weight excluding hydrogens is 370 g/mol. The van der Waals surface area contributed by atoms with E-state index in [0.29, 0.717) is 35.9 Å². The molecule has 142 valence electrons. The van der Waals surface area contributed by atoms with Gasteiger partial charge in [-0.3, -0.25) is 9.59 Å². The van der Waals surface area contributed by atoms with Crippen molar-refractivity contribution in [1.29, 1.82) is 0 Å². The monoisotopic (exact) mass is 389 g/mol. The third-order valence-corrected chi connectivity index (χ3v) is 4.70. The highest BCUT2D eigenvalue weighted by molar-refractivity contribution is 6.30. The standard InChI is InChI=1S/C20H20ClNO5/c1-12-4-9-15(27-12)18(23)16-17(13-5-7-14(21)8-6-13)22(10-3-11-26-2)20(25)19(16)24/h4-9,17,24H,3,10-11H2,1-2H3/t17-/m0/s1. The highest BCUT2D eigenvalue weighted by atomic mass is 35.5. The molecule has 1 N–H and O–H groups in total. The zero-order chi connectivity index (χ0) is 19.6. The summed E-state index contributed by atoms with van der Waals surface area (Å²) in [5.74, 6) is -0.991. The second-order valence-electron chi connectivity index (χ2n) is 6.30. The second kappa shape index (κ2) is 7.98. The first kappa shape index (κ1) is 19.2. The van der Waals surface area contributed by atoms with Gasteiger partial charge in [0.15, 0.2) is 11.5 Å². The SMILES string of the molecule is COCCCN1C(=O)C(O)=C(C(=O)c2ccc(C)o2)[C@@H]1c1ccc(Cl)cc1. The van der Waals surface area contributed by atoms with Gasteiger partial charge in [0.2, 0.25) is 5.78 Å². The van der Waals surface area contributed by atoms with Gasteiger partial charge in [-0.05, 0) is 43.2 Å². The summed E-state index contributed by atoms with van der Waals surface area (Å²) in [6, 6.07) is 9.33. The molecule has 27 heavy (non-hydrogen) atoms. The van der Waals surface area contributed by atoms with Crippen LogP contribution in [0.25, 0.3) is 0 Å². The van der Waals surface area contributed by atoms with E-state index in [1.54, 1.807) is 44.4 Å². The fourth-order valence-corrected chi connectivity index (χ4v) is 3.30. The Bertz CT molecular complexity index is 884. The molecule has 0 aliphatic carbocycles. The maximum atomic E-state index is 13.0. The zero-order valence-electron chi connectivity index (χ0n) is 15.1. The summed E-state index contributed by atoms with van der Waals surface area (Å²) in [4.78, 5) is 27.1. The Kier molecular flexibility index (Phi) is 5.68. The average Bonchev–Trinajstić information content (AvgIpc) is 3.19. The van der Waals surface area contributed by atoms with E-state index in [2.05, 4.69) is 0 Å². The fourth-order valence-electron chi connectivity index (χ4n) is 3.18. The van der Waals surface area contributed by atoms with E-state index in [4.69, 9.17) is 20.8 Å². The molecule has 1 amide bonds. The molecular formula is C20H20ClNO5. The fraction of sp³-hybridized carbons (Fsp3) is 0.300. The molecule has 1 aromatic carbocycles. The number of benzene rings is 1. The van der Waals surface area contributed by atoms with Gasteiger partial charge in [-0.1, -0.05) is 23.7 Å². The Balaban J connectivity index is 2.03. The minimum atomic E-state index is -0.718. The lowest BCUT2D eigenvalue weighted by molar-refractivity contribution is -0.129. The number of methoxy groups -OCH3 is 1. The van der Waals surface area contributed by atoms with Crippen molar-refractivity contribution in [2.24, 2.45) is 0 Å². The number of hydrogen-bond donors (Lipinski definition) is 1. The number of nitrogens with zero attached hydrogens (tertiary/aromatic N) is 1. The van der Waals surface area contributed by atoms with E-state index in [1.165, 1.54) is 11.0 Å². The van der Waals surface area contributed by atoms with E-state index < -0.39 is 23.5 Å². The van der Waals surface area contributed by atoms with Gasteiger partial charge in [-0.15, -0.1) is 0 Å². The lowest BCUT2D eigenvalue weighted by Gasteiger charge is -2.26. The van der Waals surface area contributed by atoms with Crippen molar-refractivity contribution in [3.8, 4) is 0 Å². The number of rotatable bonds is 7. The Labute approximate surface area is 162 Å². The molecule has 0 saturated carbocycles. The summed E-state index contributed by atoms with van der Waals surface area (Å²) in [5, 5.41) is 11.0. The molecule has 1 aromatic heterocycles. The number of aliphatic hydroxyl groups is 1. The van der Waals surface area contributed by atoms with Crippen LogP contribution in [0.4, 0.5) is 0 Å². The molecule has 0 unspecified atom stereocenters. The van der Waals surface area contributed by atoms with E-state index in [0.717, 1.165) is 0 Å². The van der Waals surface area contributed by atoms with Crippen molar-refractivity contribution >= 4 is 23.3 Å². The molecule has 0 saturated heterocycles. The molecule has 6 nitrogen and oxygen atoms in total. The predicted octanol–water partition coefficient (Wildman–Crippen LogP) is 3.86. The number of ether oxygens (including phenoxy) is 1. The van der Waals surface area contributed by atoms with Crippen LogP contribution in [0.15, 0.2) is 52.1 Å². The number of halogens is 1. The molecule has 3 rings (SSSR count). The zero-order valence-corrected chi connectivity index (χ0v) is 15.8. The van der Waals surface area contributed by atoms with Crippen molar-refractivity contribution in [3.05, 3.63) is 69.8 Å². The number of Topliss-reactive ketones (excluding diaryl/α,β-unsaturated/α-hetero) is 1. The first-order valence-electron chi connectivity index (χ1n) is 8.53. The van der Waals surface area contributed by atoms with Crippen LogP contribution in [-0.4, -0.2) is 42.0 Å². The highest BCUT2D eigenvalue weighted by Crippen LogP contribution is 2.39. The van der Waals surface area contributed by atoms with Gasteiger partial charge in [0.25, 0.3) is 5.91 Å². The first-order chi connectivity index (χ1) is 12.9. The molecule has 1 aliphatic rings. The van der Waals surface area contributed by atoms with Crippen molar-refractivity contribution in [2.45, 2.75) is 19.4 Å². The smallest absolute Gasteiger partial charge is 0.290 e. The maximum absolute atomic E-state index is 13.0. The van der Waals surface area contributed by atoms with Gasteiger partial charge in [0, 0.05) is 25.3 Å². The van der Waals surface area contributed by atoms with Crippen LogP contribution in [0.2, 0.25) is 5.02 Å². The molecule has 2 heterocycles. The van der Waals surface area contributed by atoms with E-state index in [-0.39, 0.29) is 11.3 Å². The molecule has 7 heteroatoms. The van der Waals surface area contributed by atoms with Gasteiger partial charge in [-0.2, -0.15) is 0 Å². The van der Waals surface area contributed by atoms with Crippen LogP contribution in [0.5, 0.6) is 0 Å². The second-order valence-corrected chi connectivity index (χ2v) is 6.74. The molecule has 0 radical (unpaired) electrons. The minimum Gasteiger partial charge on any atom is -0.503 e. The minimum absolute atomic E-state index is 0.00842. The van der Waals surface area contributed by atoms with Crippen LogP contribution in [0, 0.1) is 6.92 Å². The summed E-state index contributed by atoms with van der Waals surface area (Å²) < 4.78 is 10.5. The first-order valence-corrected chi connectivity index (χ1v) is 8.91. The third kappa shape index (κ3) is 3.77. The number of amides is 1. The van der Waals surface area contributed by atoms with Crippen LogP contribution < -0.4 is 0 Å². The van der Waals surface area contributed by atoms with Crippen LogP contribution >= 0.6 is 11.6 Å². The molecule has 1 aliphatic heterocycles. The van der Waals surface area contributed by atoms with E-state index in [9.17, 15) is 14.7 Å². The Morgan fingerprint density at radius 1 is 1.26 bits per heavy atom. The predicted molar refractivity (Wildman–Crippen MR) is 99.8 cm³/mol. The van der Waals surface area contributed by atoms with Crippen LogP contribution in [-0.2, 0) is 9.53 Å². The normalized spacial score (nSPS) is 17.1. The Hall–Kier alpha value is -2.57. The van der Waals surface area contributed by atoms with Gasteiger partial charge >= 0.3 is 0 Å². The molecule has 2 aromatic rings. The summed E-state index contributed by atoms with van der Waals surface area (Å²) in [6.45, 7) is 2.51. The van der Waals surface area contributed by atoms with Crippen molar-refractivity contribution in [2.75, 3.05) is 20.3 Å². The van der Waals surface area contributed by atoms with Crippen molar-refractivity contribution < 1.29 is 23.8 Å². The Morgan fingerprint density at radius 2 is 1.96 bits per heavy atom. The van der Waals surface area contributed by atoms with Crippen LogP contribution in [0.1, 0.15) is 34.3 Å². The van der Waals surface area contributed by atoms with Crippen molar-refractivity contribution in [1.82, 2.24) is 4.90 Å². The van der Waals surface area contributed by atoms with Gasteiger partial charge in [0.05, 0.1) is 11.6 Å². The molecule has 0 spiro atoms. The van der Waals surface area contributed by atoms with Gasteiger partial charge in [-0.25, -0.2) is 0 Å². The molecule has 1 atom stereocenters. The number of hydrogen-bond acceptors (Lipinski definition) is 5. The summed E-state index contributed by atoms with van der Waals surface area (Å²) in [5.41, 5.74) is 0.690. The summed E-state index contributed by atoms with van der Waals surface area (Å²) in [7, 11) is 1.58. The maximum Gasteiger partial charge on any atom is 0.290 e. The summed E-state index contributed by atoms with van der Waals surface area (Å²) >= 11 is 5.97. The number of aliphatic hydroxyl groups excluding tert-OH is 1. The number of furan rings is 1. The van der Waals surface area contributed by atoms with Crippen LogP contribution in [0.3, 0.4) is 0 Å². The number of carbonyl (C=O) groups is 2. The number of carbonyl (C=O) groups excluding carboxylic acids is 2. The quantitative estimate of drug-likeness (QED) is 0.574. The molecule has 0 fully saturated rings. The van der Waals surface area contributed by atoms with Crippen molar-refractivity contribution in [3.63, 3.8) is 0 Å². The highest BCUT2D eigenvalue weighted by Gasteiger charge is 2.44. The molecule has 0 bridgehead atoms. The van der Waals surface area contributed by atoms with E-state index in [1.807, 2.05) is 0 Å². The van der Waals surface area contributed by atoms with Gasteiger partial charge < -0.3 is 19.2 Å². The number of ketones is 1. The summed E-state index contributed by atoms with van der Waals surface area (Å²) in [6.07, 6.45) is 0.570. The largest absolute Gasteiger partial charge is 0.503 e. The Morgan fingerprint density at radius 3 is 2.56 bits per heavy atom. The average molecular weight is 390 g/mol.